The molecule has 2 rings (SSSR count). The van der Waals surface area contributed by atoms with Crippen LogP contribution in [-0.4, -0.2) is 19.1 Å². The lowest BCUT2D eigenvalue weighted by atomic mass is 10.0. The fourth-order valence-electron chi connectivity index (χ4n) is 2.25. The lowest BCUT2D eigenvalue weighted by Gasteiger charge is -2.22. The maximum Gasteiger partial charge on any atom is 0.327 e. The smallest absolute Gasteiger partial charge is 0.327 e. The van der Waals surface area contributed by atoms with Gasteiger partial charge in [0.25, 0.3) is 0 Å². The highest BCUT2D eigenvalue weighted by Gasteiger charge is 2.27. The lowest BCUT2D eigenvalue weighted by Crippen LogP contribution is -2.35. The van der Waals surface area contributed by atoms with Crippen molar-refractivity contribution in [3.63, 3.8) is 0 Å². The molecule has 100 valence electrons. The summed E-state index contributed by atoms with van der Waals surface area (Å²) in [4.78, 5) is 13.3. The Hall–Kier alpha value is -0.870. The summed E-state index contributed by atoms with van der Waals surface area (Å²) in [6, 6.07) is 1.79. The zero-order valence-corrected chi connectivity index (χ0v) is 11.7. The molecule has 1 N–H and O–H groups in total. The summed E-state index contributed by atoms with van der Waals surface area (Å²) in [6.45, 7) is 3.59. The van der Waals surface area contributed by atoms with Crippen LogP contribution in [0.3, 0.4) is 0 Å². The molecule has 1 aliphatic rings. The standard InChI is InChI=1S/C14H21NO2S/c1-2-3-4-5-9-17-14(16)13-11-7-10-18-12(11)6-8-15-13/h7,10,13,15H,2-6,8-9H2,1H3. The Morgan fingerprint density at radius 3 is 3.22 bits per heavy atom. The molecule has 1 aromatic rings. The minimum absolute atomic E-state index is 0.120. The summed E-state index contributed by atoms with van der Waals surface area (Å²) in [6.07, 6.45) is 5.56. The molecule has 0 saturated heterocycles. The summed E-state index contributed by atoms with van der Waals surface area (Å²) >= 11 is 1.73. The average molecular weight is 267 g/mol. The zero-order chi connectivity index (χ0) is 12.8. The fourth-order valence-corrected chi connectivity index (χ4v) is 3.17. The minimum Gasteiger partial charge on any atom is -0.464 e. The van der Waals surface area contributed by atoms with Crippen molar-refractivity contribution in [2.75, 3.05) is 13.2 Å². The molecule has 0 saturated carbocycles. The van der Waals surface area contributed by atoms with E-state index in [2.05, 4.69) is 17.6 Å². The molecule has 18 heavy (non-hydrogen) atoms. The van der Waals surface area contributed by atoms with E-state index in [1.807, 2.05) is 6.07 Å². The molecule has 0 spiro atoms. The first-order valence-electron chi connectivity index (χ1n) is 6.79. The maximum absolute atomic E-state index is 12.0. The van der Waals surface area contributed by atoms with Crippen LogP contribution in [0.25, 0.3) is 0 Å². The number of fused-ring (bicyclic) bond motifs is 1. The van der Waals surface area contributed by atoms with Gasteiger partial charge in [0.2, 0.25) is 0 Å². The average Bonchev–Trinajstić information content (AvgIpc) is 2.86. The number of thiophene rings is 1. The molecule has 4 heteroatoms. The third-order valence-electron chi connectivity index (χ3n) is 3.27. The quantitative estimate of drug-likeness (QED) is 0.636. The molecule has 1 aliphatic heterocycles. The first kappa shape index (κ1) is 13.6. The SMILES string of the molecule is CCCCCCOC(=O)C1NCCc2sccc21. The van der Waals surface area contributed by atoms with E-state index in [4.69, 9.17) is 4.74 Å². The van der Waals surface area contributed by atoms with E-state index in [1.54, 1.807) is 11.3 Å². The number of carbonyl (C=O) groups is 1. The topological polar surface area (TPSA) is 38.3 Å². The third-order valence-corrected chi connectivity index (χ3v) is 4.27. The Labute approximate surface area is 113 Å². The van der Waals surface area contributed by atoms with Gasteiger partial charge < -0.3 is 10.1 Å². The zero-order valence-electron chi connectivity index (χ0n) is 10.9. The van der Waals surface area contributed by atoms with Gasteiger partial charge >= 0.3 is 5.97 Å². The van der Waals surface area contributed by atoms with Crippen LogP contribution in [0.15, 0.2) is 11.4 Å². The van der Waals surface area contributed by atoms with Crippen LogP contribution >= 0.6 is 11.3 Å². The normalized spacial score (nSPS) is 18.4. The predicted molar refractivity (Wildman–Crippen MR) is 73.9 cm³/mol. The highest BCUT2D eigenvalue weighted by molar-refractivity contribution is 7.10. The number of carbonyl (C=O) groups excluding carboxylic acids is 1. The maximum atomic E-state index is 12.0. The van der Waals surface area contributed by atoms with Gasteiger partial charge in [0.1, 0.15) is 6.04 Å². The Balaban J connectivity index is 1.80. The van der Waals surface area contributed by atoms with E-state index in [1.165, 1.54) is 17.7 Å². The number of esters is 1. The van der Waals surface area contributed by atoms with Gasteiger partial charge in [-0.25, -0.2) is 4.79 Å². The molecule has 0 bridgehead atoms. The molecule has 0 amide bonds. The van der Waals surface area contributed by atoms with Crippen LogP contribution in [0, 0.1) is 0 Å². The molecular weight excluding hydrogens is 246 g/mol. The molecule has 2 heterocycles. The molecule has 0 fully saturated rings. The van der Waals surface area contributed by atoms with Crippen molar-refractivity contribution in [1.29, 1.82) is 0 Å². The monoisotopic (exact) mass is 267 g/mol. The van der Waals surface area contributed by atoms with Crippen molar-refractivity contribution in [2.24, 2.45) is 0 Å². The predicted octanol–water partition coefficient (Wildman–Crippen LogP) is 3.06. The minimum atomic E-state index is -0.244. The summed E-state index contributed by atoms with van der Waals surface area (Å²) < 4.78 is 5.36. The molecule has 0 aromatic carbocycles. The number of nitrogens with one attached hydrogen (secondary N) is 1. The largest absolute Gasteiger partial charge is 0.464 e. The molecular formula is C14H21NO2S. The highest BCUT2D eigenvalue weighted by atomic mass is 32.1. The van der Waals surface area contributed by atoms with Gasteiger partial charge in [-0.05, 0) is 29.9 Å². The number of ether oxygens (including phenoxy) is 1. The highest BCUT2D eigenvalue weighted by Crippen LogP contribution is 2.28. The van der Waals surface area contributed by atoms with E-state index >= 15 is 0 Å². The second kappa shape index (κ2) is 6.90. The number of hydrogen-bond donors (Lipinski definition) is 1. The second-order valence-electron chi connectivity index (χ2n) is 4.66. The lowest BCUT2D eigenvalue weighted by molar-refractivity contribution is -0.146. The number of hydrogen-bond acceptors (Lipinski definition) is 4. The van der Waals surface area contributed by atoms with Crippen LogP contribution in [0.5, 0.6) is 0 Å². The van der Waals surface area contributed by atoms with Gasteiger partial charge in [-0.2, -0.15) is 0 Å². The summed E-state index contributed by atoms with van der Waals surface area (Å²) in [7, 11) is 0. The van der Waals surface area contributed by atoms with Crippen molar-refractivity contribution >= 4 is 17.3 Å². The van der Waals surface area contributed by atoms with Gasteiger partial charge in [0.15, 0.2) is 0 Å². The van der Waals surface area contributed by atoms with Crippen molar-refractivity contribution in [1.82, 2.24) is 5.32 Å². The van der Waals surface area contributed by atoms with Crippen LogP contribution in [-0.2, 0) is 16.0 Å². The van der Waals surface area contributed by atoms with Crippen molar-refractivity contribution in [3.05, 3.63) is 21.9 Å². The van der Waals surface area contributed by atoms with Gasteiger partial charge in [-0.15, -0.1) is 11.3 Å². The Bertz CT molecular complexity index is 389. The van der Waals surface area contributed by atoms with Crippen molar-refractivity contribution < 1.29 is 9.53 Å². The van der Waals surface area contributed by atoms with E-state index in [-0.39, 0.29) is 12.0 Å². The molecule has 1 atom stereocenters. The number of unbranched alkanes of at least 4 members (excludes halogenated alkanes) is 3. The Morgan fingerprint density at radius 2 is 2.39 bits per heavy atom. The van der Waals surface area contributed by atoms with Gasteiger partial charge in [-0.1, -0.05) is 26.2 Å². The van der Waals surface area contributed by atoms with Crippen LogP contribution in [0.2, 0.25) is 0 Å². The molecule has 1 aromatic heterocycles. The first-order chi connectivity index (χ1) is 8.83. The van der Waals surface area contributed by atoms with Gasteiger partial charge in [0, 0.05) is 11.4 Å². The van der Waals surface area contributed by atoms with Gasteiger partial charge in [-0.3, -0.25) is 0 Å². The Kier molecular flexibility index (Phi) is 5.20. The molecule has 0 radical (unpaired) electrons. The fraction of sp³-hybridized carbons (Fsp3) is 0.643. The van der Waals surface area contributed by atoms with E-state index in [0.29, 0.717) is 6.61 Å². The van der Waals surface area contributed by atoms with Crippen molar-refractivity contribution in [3.8, 4) is 0 Å². The molecule has 1 unspecified atom stereocenters. The van der Waals surface area contributed by atoms with Crippen LogP contribution in [0.1, 0.15) is 49.1 Å². The van der Waals surface area contributed by atoms with Crippen LogP contribution in [0.4, 0.5) is 0 Å². The summed E-state index contributed by atoms with van der Waals surface area (Å²) in [5.74, 6) is -0.120. The first-order valence-corrected chi connectivity index (χ1v) is 7.67. The molecule has 3 nitrogen and oxygen atoms in total. The van der Waals surface area contributed by atoms with Crippen molar-refractivity contribution in [2.45, 2.75) is 45.1 Å². The Morgan fingerprint density at radius 1 is 1.50 bits per heavy atom. The molecule has 0 aliphatic carbocycles. The summed E-state index contributed by atoms with van der Waals surface area (Å²) in [5, 5.41) is 5.30. The third kappa shape index (κ3) is 3.33. The second-order valence-corrected chi connectivity index (χ2v) is 5.67. The van der Waals surface area contributed by atoms with Crippen LogP contribution < -0.4 is 5.32 Å². The van der Waals surface area contributed by atoms with Gasteiger partial charge in [0.05, 0.1) is 6.61 Å². The van der Waals surface area contributed by atoms with E-state index in [9.17, 15) is 4.79 Å². The van der Waals surface area contributed by atoms with E-state index < -0.39 is 0 Å². The number of rotatable bonds is 6. The van der Waals surface area contributed by atoms with E-state index in [0.717, 1.165) is 31.4 Å². The summed E-state index contributed by atoms with van der Waals surface area (Å²) in [5.41, 5.74) is 1.12.